The molecule has 0 spiro atoms. The molecule has 1 aromatic carbocycles. The molecule has 0 aromatic heterocycles. The summed E-state index contributed by atoms with van der Waals surface area (Å²) in [7, 11) is 0. The van der Waals surface area contributed by atoms with Crippen LogP contribution in [0, 0.1) is 11.3 Å². The third-order valence-electron chi connectivity index (χ3n) is 3.94. The van der Waals surface area contributed by atoms with Crippen LogP contribution in [-0.4, -0.2) is 17.2 Å². The number of thioether (sulfide) groups is 1. The maximum Gasteiger partial charge on any atom is 0.231 e. The molecule has 1 amide bonds. The highest BCUT2D eigenvalue weighted by atomic mass is 35.5. The van der Waals surface area contributed by atoms with Crippen molar-refractivity contribution in [2.75, 3.05) is 5.75 Å². The summed E-state index contributed by atoms with van der Waals surface area (Å²) in [6, 6.07) is 10.0. The van der Waals surface area contributed by atoms with Crippen molar-refractivity contribution in [3.63, 3.8) is 0 Å². The second-order valence-electron chi connectivity index (χ2n) is 5.78. The Bertz CT molecular complexity index is 548. The first-order chi connectivity index (χ1) is 10.6. The summed E-state index contributed by atoms with van der Waals surface area (Å²) < 4.78 is 0. The van der Waals surface area contributed by atoms with Gasteiger partial charge in [-0.15, -0.1) is 11.8 Å². The van der Waals surface area contributed by atoms with Crippen LogP contribution in [0.15, 0.2) is 24.3 Å². The van der Waals surface area contributed by atoms with Gasteiger partial charge in [0.1, 0.15) is 5.54 Å². The van der Waals surface area contributed by atoms with Crippen molar-refractivity contribution in [3.05, 3.63) is 34.9 Å². The molecule has 1 aromatic rings. The number of amides is 1. The summed E-state index contributed by atoms with van der Waals surface area (Å²) in [5.74, 6) is 1.07. The van der Waals surface area contributed by atoms with Gasteiger partial charge in [-0.25, -0.2) is 0 Å². The minimum absolute atomic E-state index is 0.0459. The molecule has 3 nitrogen and oxygen atoms in total. The number of carbonyl (C=O) groups excluding carboxylic acids is 1. The van der Waals surface area contributed by atoms with E-state index in [4.69, 9.17) is 11.6 Å². The Kier molecular flexibility index (Phi) is 6.60. The monoisotopic (exact) mass is 336 g/mol. The van der Waals surface area contributed by atoms with Crippen LogP contribution in [-0.2, 0) is 10.5 Å². The zero-order chi connectivity index (χ0) is 15.8. The van der Waals surface area contributed by atoms with E-state index in [1.165, 1.54) is 0 Å². The van der Waals surface area contributed by atoms with Crippen molar-refractivity contribution in [1.82, 2.24) is 5.32 Å². The first-order valence-electron chi connectivity index (χ1n) is 7.68. The molecule has 0 radical (unpaired) electrons. The van der Waals surface area contributed by atoms with E-state index in [9.17, 15) is 10.1 Å². The topological polar surface area (TPSA) is 52.9 Å². The molecule has 0 heterocycles. The first kappa shape index (κ1) is 17.2. The van der Waals surface area contributed by atoms with Crippen molar-refractivity contribution in [2.24, 2.45) is 0 Å². The SMILES string of the molecule is N#CC1(NC(=O)CSCc2cccc(Cl)c2)CCCCCC1. The molecule has 1 aliphatic carbocycles. The van der Waals surface area contributed by atoms with E-state index >= 15 is 0 Å². The molecular weight excluding hydrogens is 316 g/mol. The van der Waals surface area contributed by atoms with Crippen LogP contribution in [0.25, 0.3) is 0 Å². The predicted octanol–water partition coefficient (Wildman–Crippen LogP) is 4.31. The molecule has 0 unspecified atom stereocenters. The lowest BCUT2D eigenvalue weighted by Crippen LogP contribution is -2.47. The summed E-state index contributed by atoms with van der Waals surface area (Å²) in [4.78, 5) is 12.1. The summed E-state index contributed by atoms with van der Waals surface area (Å²) in [5, 5.41) is 13.1. The lowest BCUT2D eigenvalue weighted by molar-refractivity contribution is -0.120. The Morgan fingerprint density at radius 2 is 2.05 bits per heavy atom. The summed E-state index contributed by atoms with van der Waals surface area (Å²) in [6.07, 6.45) is 5.89. The smallest absolute Gasteiger partial charge is 0.231 e. The molecule has 1 N–H and O–H groups in total. The zero-order valence-corrected chi connectivity index (χ0v) is 14.2. The fraction of sp³-hybridized carbons (Fsp3) is 0.529. The largest absolute Gasteiger partial charge is 0.337 e. The lowest BCUT2D eigenvalue weighted by atomic mass is 9.92. The standard InChI is InChI=1S/C17H21ClN2OS/c18-15-7-5-6-14(10-15)11-22-12-16(21)20-17(13-19)8-3-1-2-4-9-17/h5-7,10H,1-4,8-9,11-12H2,(H,20,21). The molecule has 22 heavy (non-hydrogen) atoms. The van der Waals surface area contributed by atoms with Gasteiger partial charge in [0, 0.05) is 10.8 Å². The Labute approximate surface area is 141 Å². The van der Waals surface area contributed by atoms with Crippen LogP contribution >= 0.6 is 23.4 Å². The number of nitriles is 1. The van der Waals surface area contributed by atoms with Gasteiger partial charge in [0.05, 0.1) is 11.8 Å². The van der Waals surface area contributed by atoms with Crippen LogP contribution in [0.4, 0.5) is 0 Å². The maximum atomic E-state index is 12.1. The Morgan fingerprint density at radius 3 is 2.68 bits per heavy atom. The fourth-order valence-corrected chi connectivity index (χ4v) is 3.78. The van der Waals surface area contributed by atoms with E-state index in [-0.39, 0.29) is 5.91 Å². The molecular formula is C17H21ClN2OS. The van der Waals surface area contributed by atoms with Gasteiger partial charge in [0.15, 0.2) is 0 Å². The predicted molar refractivity (Wildman–Crippen MR) is 91.8 cm³/mol. The Balaban J connectivity index is 1.80. The van der Waals surface area contributed by atoms with E-state index in [1.54, 1.807) is 11.8 Å². The van der Waals surface area contributed by atoms with E-state index in [0.29, 0.717) is 10.8 Å². The van der Waals surface area contributed by atoms with Crippen LogP contribution in [0.5, 0.6) is 0 Å². The van der Waals surface area contributed by atoms with Crippen LogP contribution < -0.4 is 5.32 Å². The van der Waals surface area contributed by atoms with Crippen molar-refractivity contribution in [3.8, 4) is 6.07 Å². The molecule has 1 saturated carbocycles. The molecule has 0 saturated heterocycles. The third-order valence-corrected chi connectivity index (χ3v) is 5.18. The van der Waals surface area contributed by atoms with Crippen molar-refractivity contribution in [2.45, 2.75) is 49.8 Å². The third kappa shape index (κ3) is 5.23. The van der Waals surface area contributed by atoms with Crippen LogP contribution in [0.1, 0.15) is 44.1 Å². The number of hydrogen-bond acceptors (Lipinski definition) is 3. The summed E-state index contributed by atoms with van der Waals surface area (Å²) in [5.41, 5.74) is 0.458. The average Bonchev–Trinajstić information content (AvgIpc) is 2.73. The van der Waals surface area contributed by atoms with Gasteiger partial charge >= 0.3 is 0 Å². The highest BCUT2D eigenvalue weighted by Crippen LogP contribution is 2.26. The molecule has 0 atom stereocenters. The van der Waals surface area contributed by atoms with Gasteiger partial charge in [0.25, 0.3) is 0 Å². The molecule has 1 fully saturated rings. The molecule has 0 aliphatic heterocycles. The molecule has 0 bridgehead atoms. The number of benzene rings is 1. The second kappa shape index (κ2) is 8.45. The van der Waals surface area contributed by atoms with Crippen molar-refractivity contribution >= 4 is 29.3 Å². The van der Waals surface area contributed by atoms with Gasteiger partial charge in [0.2, 0.25) is 5.91 Å². The second-order valence-corrected chi connectivity index (χ2v) is 7.20. The molecule has 1 aliphatic rings. The van der Waals surface area contributed by atoms with E-state index in [2.05, 4.69) is 11.4 Å². The van der Waals surface area contributed by atoms with Gasteiger partial charge in [-0.3, -0.25) is 4.79 Å². The fourth-order valence-electron chi connectivity index (χ4n) is 2.79. The van der Waals surface area contributed by atoms with Crippen molar-refractivity contribution in [1.29, 1.82) is 5.26 Å². The van der Waals surface area contributed by atoms with Gasteiger partial charge < -0.3 is 5.32 Å². The molecule has 5 heteroatoms. The summed E-state index contributed by atoms with van der Waals surface area (Å²) in [6.45, 7) is 0. The number of hydrogen-bond donors (Lipinski definition) is 1. The van der Waals surface area contributed by atoms with Gasteiger partial charge in [-0.2, -0.15) is 5.26 Å². The van der Waals surface area contributed by atoms with Gasteiger partial charge in [-0.05, 0) is 30.5 Å². The minimum atomic E-state index is -0.649. The van der Waals surface area contributed by atoms with E-state index in [0.717, 1.165) is 49.8 Å². The zero-order valence-electron chi connectivity index (χ0n) is 12.6. The van der Waals surface area contributed by atoms with E-state index < -0.39 is 5.54 Å². The quantitative estimate of drug-likeness (QED) is 0.815. The highest BCUT2D eigenvalue weighted by molar-refractivity contribution is 7.99. The Morgan fingerprint density at radius 1 is 1.32 bits per heavy atom. The van der Waals surface area contributed by atoms with Crippen LogP contribution in [0.2, 0.25) is 5.02 Å². The number of nitrogens with one attached hydrogen (secondary N) is 1. The van der Waals surface area contributed by atoms with Crippen molar-refractivity contribution < 1.29 is 4.79 Å². The maximum absolute atomic E-state index is 12.1. The normalized spacial score (nSPS) is 17.3. The number of rotatable bonds is 5. The lowest BCUT2D eigenvalue weighted by Gasteiger charge is -2.26. The number of carbonyl (C=O) groups is 1. The van der Waals surface area contributed by atoms with Gasteiger partial charge in [-0.1, -0.05) is 49.4 Å². The first-order valence-corrected chi connectivity index (χ1v) is 9.21. The number of nitrogens with zero attached hydrogens (tertiary/aromatic N) is 1. The Hall–Kier alpha value is -1.18. The minimum Gasteiger partial charge on any atom is -0.337 e. The number of halogens is 1. The molecule has 2 rings (SSSR count). The van der Waals surface area contributed by atoms with Crippen LogP contribution in [0.3, 0.4) is 0 Å². The average molecular weight is 337 g/mol. The van der Waals surface area contributed by atoms with E-state index in [1.807, 2.05) is 24.3 Å². The molecule has 118 valence electrons. The highest BCUT2D eigenvalue weighted by Gasteiger charge is 2.32. The summed E-state index contributed by atoms with van der Waals surface area (Å²) >= 11 is 7.49.